The highest BCUT2D eigenvalue weighted by Crippen LogP contribution is 2.33. The van der Waals surface area contributed by atoms with Crippen LogP contribution in [0.4, 0.5) is 0 Å². The van der Waals surface area contributed by atoms with Crippen molar-refractivity contribution in [3.05, 3.63) is 28.4 Å². The van der Waals surface area contributed by atoms with E-state index in [9.17, 15) is 4.79 Å². The topological polar surface area (TPSA) is 93.9 Å². The molecule has 112 valence electrons. The minimum atomic E-state index is -0.633. The highest BCUT2D eigenvalue weighted by atomic mass is 79.9. The molecule has 1 heterocycles. The van der Waals surface area contributed by atoms with Crippen LogP contribution >= 0.6 is 15.9 Å². The van der Waals surface area contributed by atoms with Gasteiger partial charge in [0.1, 0.15) is 11.4 Å². The first-order valence-electron chi connectivity index (χ1n) is 6.62. The van der Waals surface area contributed by atoms with E-state index in [4.69, 9.17) is 10.5 Å². The van der Waals surface area contributed by atoms with Crippen molar-refractivity contribution < 1.29 is 9.53 Å². The Labute approximate surface area is 131 Å². The van der Waals surface area contributed by atoms with Gasteiger partial charge in [-0.15, -0.1) is 0 Å². The average molecular weight is 353 g/mol. The summed E-state index contributed by atoms with van der Waals surface area (Å²) < 4.78 is 6.66. The molecule has 3 N–H and O–H groups in total. The van der Waals surface area contributed by atoms with Crippen molar-refractivity contribution >= 4 is 21.8 Å². The van der Waals surface area contributed by atoms with Crippen LogP contribution in [0, 0.1) is 5.92 Å². The summed E-state index contributed by atoms with van der Waals surface area (Å²) in [5.74, 6) is 0.569. The van der Waals surface area contributed by atoms with Crippen molar-refractivity contribution in [2.75, 3.05) is 6.61 Å². The van der Waals surface area contributed by atoms with Gasteiger partial charge in [0.15, 0.2) is 5.69 Å². The lowest BCUT2D eigenvalue weighted by Gasteiger charge is -2.12. The maximum absolute atomic E-state index is 11.4. The van der Waals surface area contributed by atoms with E-state index >= 15 is 0 Å². The number of aromatic amines is 1. The molecule has 0 saturated heterocycles. The van der Waals surface area contributed by atoms with E-state index in [1.54, 1.807) is 0 Å². The summed E-state index contributed by atoms with van der Waals surface area (Å²) in [6.45, 7) is 4.86. The Morgan fingerprint density at radius 1 is 1.43 bits per heavy atom. The van der Waals surface area contributed by atoms with Gasteiger partial charge in [-0.1, -0.05) is 29.8 Å². The normalized spacial score (nSPS) is 10.9. The number of nitrogens with zero attached hydrogens (tertiary/aromatic N) is 2. The Bertz CT molecular complexity index is 640. The van der Waals surface area contributed by atoms with Crippen molar-refractivity contribution in [1.82, 2.24) is 15.4 Å². The van der Waals surface area contributed by atoms with Crippen molar-refractivity contribution in [3.63, 3.8) is 0 Å². The summed E-state index contributed by atoms with van der Waals surface area (Å²) in [7, 11) is 0. The van der Waals surface area contributed by atoms with Gasteiger partial charge < -0.3 is 10.5 Å². The number of halogens is 1. The van der Waals surface area contributed by atoms with Crippen LogP contribution in [-0.4, -0.2) is 27.9 Å². The Morgan fingerprint density at radius 2 is 2.19 bits per heavy atom. The van der Waals surface area contributed by atoms with E-state index in [1.807, 2.05) is 18.2 Å². The standard InChI is InChI=1S/C14H17BrN4O2/c1-8(2)5-6-21-11-4-3-9(15)7-10(11)12-13(14(16)20)18-19-17-12/h3-4,7-8H,5-6H2,1-2H3,(H2,16,20)(H,17,18,19). The summed E-state index contributed by atoms with van der Waals surface area (Å²) in [5, 5.41) is 10.2. The van der Waals surface area contributed by atoms with Crippen molar-refractivity contribution in [2.24, 2.45) is 11.7 Å². The van der Waals surface area contributed by atoms with Gasteiger partial charge in [0.05, 0.1) is 6.61 Å². The Balaban J connectivity index is 2.35. The maximum atomic E-state index is 11.4. The van der Waals surface area contributed by atoms with Crippen LogP contribution in [0.5, 0.6) is 5.75 Å². The van der Waals surface area contributed by atoms with Gasteiger partial charge >= 0.3 is 0 Å². The molecule has 2 rings (SSSR count). The second-order valence-electron chi connectivity index (χ2n) is 5.06. The van der Waals surface area contributed by atoms with Crippen LogP contribution in [0.15, 0.2) is 22.7 Å². The van der Waals surface area contributed by atoms with Crippen molar-refractivity contribution in [3.8, 4) is 17.0 Å². The zero-order valence-electron chi connectivity index (χ0n) is 11.9. The fourth-order valence-electron chi connectivity index (χ4n) is 1.81. The molecular formula is C14H17BrN4O2. The largest absolute Gasteiger partial charge is 0.493 e. The molecule has 0 aliphatic heterocycles. The number of H-pyrrole nitrogens is 1. The van der Waals surface area contributed by atoms with Gasteiger partial charge in [-0.3, -0.25) is 4.79 Å². The Morgan fingerprint density at radius 3 is 2.86 bits per heavy atom. The van der Waals surface area contributed by atoms with Gasteiger partial charge in [-0.25, -0.2) is 0 Å². The van der Waals surface area contributed by atoms with Gasteiger partial charge in [-0.2, -0.15) is 15.4 Å². The number of rotatable bonds is 6. The molecule has 0 atom stereocenters. The van der Waals surface area contributed by atoms with E-state index in [2.05, 4.69) is 45.2 Å². The summed E-state index contributed by atoms with van der Waals surface area (Å²) in [4.78, 5) is 11.4. The van der Waals surface area contributed by atoms with Crippen LogP contribution in [0.1, 0.15) is 30.8 Å². The molecule has 2 aromatic rings. The van der Waals surface area contributed by atoms with Gasteiger partial charge in [0.2, 0.25) is 0 Å². The SMILES string of the molecule is CC(C)CCOc1ccc(Br)cc1-c1n[nH]nc1C(N)=O. The Hall–Kier alpha value is -1.89. The fourth-order valence-corrected chi connectivity index (χ4v) is 2.17. The number of carbonyl (C=O) groups excluding carboxylic acids is 1. The number of hydrogen-bond donors (Lipinski definition) is 2. The van der Waals surface area contributed by atoms with Gasteiger partial charge in [0.25, 0.3) is 5.91 Å². The number of nitrogens with one attached hydrogen (secondary N) is 1. The number of carbonyl (C=O) groups is 1. The fraction of sp³-hybridized carbons (Fsp3) is 0.357. The molecule has 0 aliphatic rings. The third-order valence-corrected chi connectivity index (χ3v) is 3.42. The minimum Gasteiger partial charge on any atom is -0.493 e. The molecule has 21 heavy (non-hydrogen) atoms. The first-order valence-corrected chi connectivity index (χ1v) is 7.41. The molecule has 0 spiro atoms. The number of primary amides is 1. The average Bonchev–Trinajstić information content (AvgIpc) is 2.89. The quantitative estimate of drug-likeness (QED) is 0.835. The number of aromatic nitrogens is 3. The zero-order chi connectivity index (χ0) is 15.4. The first-order chi connectivity index (χ1) is 9.99. The molecule has 1 aromatic heterocycles. The van der Waals surface area contributed by atoms with E-state index in [0.717, 1.165) is 10.9 Å². The first kappa shape index (κ1) is 15.5. The predicted octanol–water partition coefficient (Wildman–Crippen LogP) is 2.76. The molecule has 0 radical (unpaired) electrons. The number of nitrogens with two attached hydrogens (primary N) is 1. The van der Waals surface area contributed by atoms with Gasteiger partial charge in [0, 0.05) is 10.0 Å². The summed E-state index contributed by atoms with van der Waals surface area (Å²) in [6.07, 6.45) is 0.941. The Kier molecular flexibility index (Phi) is 4.95. The third kappa shape index (κ3) is 3.81. The van der Waals surface area contributed by atoms with Gasteiger partial charge in [-0.05, 0) is 30.5 Å². The smallest absolute Gasteiger partial charge is 0.271 e. The number of ether oxygens (including phenoxy) is 1. The monoisotopic (exact) mass is 352 g/mol. The van der Waals surface area contributed by atoms with E-state index in [-0.39, 0.29) is 5.69 Å². The molecule has 1 aromatic carbocycles. The molecule has 0 bridgehead atoms. The molecular weight excluding hydrogens is 336 g/mol. The molecule has 0 fully saturated rings. The predicted molar refractivity (Wildman–Crippen MR) is 83.0 cm³/mol. The number of amides is 1. The molecule has 1 amide bonds. The molecule has 0 saturated carbocycles. The van der Waals surface area contributed by atoms with Crippen molar-refractivity contribution in [2.45, 2.75) is 20.3 Å². The maximum Gasteiger partial charge on any atom is 0.271 e. The number of hydrogen-bond acceptors (Lipinski definition) is 4. The van der Waals surface area contributed by atoms with E-state index in [0.29, 0.717) is 29.5 Å². The van der Waals surface area contributed by atoms with Crippen LogP contribution in [-0.2, 0) is 0 Å². The molecule has 6 nitrogen and oxygen atoms in total. The van der Waals surface area contributed by atoms with E-state index < -0.39 is 5.91 Å². The lowest BCUT2D eigenvalue weighted by atomic mass is 10.1. The molecule has 7 heteroatoms. The summed E-state index contributed by atoms with van der Waals surface area (Å²) in [5.41, 5.74) is 6.48. The minimum absolute atomic E-state index is 0.0989. The highest BCUT2D eigenvalue weighted by Gasteiger charge is 2.19. The molecule has 0 aliphatic carbocycles. The summed E-state index contributed by atoms with van der Waals surface area (Å²) in [6, 6.07) is 5.53. The second kappa shape index (κ2) is 6.71. The number of benzene rings is 1. The van der Waals surface area contributed by atoms with Crippen LogP contribution < -0.4 is 10.5 Å². The van der Waals surface area contributed by atoms with Crippen LogP contribution in [0.25, 0.3) is 11.3 Å². The lowest BCUT2D eigenvalue weighted by Crippen LogP contribution is -2.13. The van der Waals surface area contributed by atoms with Crippen LogP contribution in [0.3, 0.4) is 0 Å². The third-order valence-electron chi connectivity index (χ3n) is 2.93. The lowest BCUT2D eigenvalue weighted by molar-refractivity contribution is 0.0996. The summed E-state index contributed by atoms with van der Waals surface area (Å²) >= 11 is 3.40. The van der Waals surface area contributed by atoms with Crippen LogP contribution in [0.2, 0.25) is 0 Å². The second-order valence-corrected chi connectivity index (χ2v) is 5.97. The molecule has 0 unspecified atom stereocenters. The highest BCUT2D eigenvalue weighted by molar-refractivity contribution is 9.10. The van der Waals surface area contributed by atoms with E-state index in [1.165, 1.54) is 0 Å². The van der Waals surface area contributed by atoms with Crippen molar-refractivity contribution in [1.29, 1.82) is 0 Å². The zero-order valence-corrected chi connectivity index (χ0v) is 13.5.